The van der Waals surface area contributed by atoms with E-state index in [1.54, 1.807) is 0 Å². The summed E-state index contributed by atoms with van der Waals surface area (Å²) >= 11 is 0. The topological polar surface area (TPSA) is 15.6 Å². The van der Waals surface area contributed by atoms with E-state index in [1.807, 2.05) is 13.3 Å². The first-order valence-electron chi connectivity index (χ1n) is 9.60. The van der Waals surface area contributed by atoms with Gasteiger partial charge in [0.15, 0.2) is 0 Å². The molecule has 0 spiro atoms. The van der Waals surface area contributed by atoms with Gasteiger partial charge in [-0.3, -0.25) is 4.99 Å². The maximum Gasteiger partial charge on any atom is 0.0450 e. The zero-order valence-corrected chi connectivity index (χ0v) is 16.7. The molecule has 0 amide bonds. The first-order valence-corrected chi connectivity index (χ1v) is 9.60. The fourth-order valence-electron chi connectivity index (χ4n) is 4.11. The summed E-state index contributed by atoms with van der Waals surface area (Å²) in [4.78, 5) is 6.67. The maximum atomic E-state index is 4.22. The van der Waals surface area contributed by atoms with Crippen molar-refractivity contribution >= 4 is 11.9 Å². The summed E-state index contributed by atoms with van der Waals surface area (Å²) in [6.45, 7) is 10.1. The fourth-order valence-corrected chi connectivity index (χ4v) is 4.11. The summed E-state index contributed by atoms with van der Waals surface area (Å²) in [6.07, 6.45) is 5.11. The van der Waals surface area contributed by atoms with Crippen LogP contribution < -0.4 is 4.90 Å². The maximum absolute atomic E-state index is 4.22. The first-order chi connectivity index (χ1) is 12.5. The monoisotopic (exact) mass is 346 g/mol. The third-order valence-electron chi connectivity index (χ3n) is 5.53. The first kappa shape index (κ1) is 18.4. The number of hydrogen-bond donors (Lipinski definition) is 0. The van der Waals surface area contributed by atoms with E-state index >= 15 is 0 Å². The Morgan fingerprint density at radius 2 is 1.85 bits per heavy atom. The summed E-state index contributed by atoms with van der Waals surface area (Å²) in [5, 5.41) is 0. The molecule has 0 saturated carbocycles. The summed E-state index contributed by atoms with van der Waals surface area (Å²) in [5.74, 6) is 0.529. The van der Waals surface area contributed by atoms with Crippen LogP contribution in [0.25, 0.3) is 0 Å². The second-order valence-corrected chi connectivity index (χ2v) is 7.63. The Morgan fingerprint density at radius 1 is 1.12 bits per heavy atom. The molecule has 1 aliphatic rings. The van der Waals surface area contributed by atoms with Gasteiger partial charge in [-0.2, -0.15) is 0 Å². The van der Waals surface area contributed by atoms with Crippen LogP contribution in [-0.2, 0) is 11.8 Å². The third-order valence-corrected chi connectivity index (χ3v) is 5.53. The van der Waals surface area contributed by atoms with E-state index in [4.69, 9.17) is 0 Å². The second-order valence-electron chi connectivity index (χ2n) is 7.63. The average molecular weight is 347 g/mol. The molecule has 0 saturated heterocycles. The van der Waals surface area contributed by atoms with E-state index in [2.05, 4.69) is 92.2 Å². The summed E-state index contributed by atoms with van der Waals surface area (Å²) in [6, 6.07) is 17.8. The number of nitrogens with zero attached hydrogens (tertiary/aromatic N) is 2. The van der Waals surface area contributed by atoms with Gasteiger partial charge < -0.3 is 4.90 Å². The minimum Gasteiger partial charge on any atom is -0.344 e. The van der Waals surface area contributed by atoms with E-state index in [0.717, 1.165) is 13.0 Å². The predicted octanol–water partition coefficient (Wildman–Crippen LogP) is 5.73. The molecule has 26 heavy (non-hydrogen) atoms. The fraction of sp³-hybridized carbons (Fsp3) is 0.375. The second kappa shape index (κ2) is 7.49. The highest BCUT2D eigenvalue weighted by molar-refractivity contribution is 5.80. The van der Waals surface area contributed by atoms with E-state index in [9.17, 15) is 0 Å². The zero-order chi connectivity index (χ0) is 18.7. The van der Waals surface area contributed by atoms with Crippen LogP contribution in [0.2, 0.25) is 0 Å². The van der Waals surface area contributed by atoms with Gasteiger partial charge in [-0.05, 0) is 55.0 Å². The number of anilines is 1. The molecule has 0 aromatic heterocycles. The number of aliphatic imine (C=N–C) groups is 1. The normalized spacial score (nSPS) is 21.2. The average Bonchev–Trinajstić information content (AvgIpc) is 2.88. The van der Waals surface area contributed by atoms with E-state index < -0.39 is 0 Å². The van der Waals surface area contributed by atoms with Gasteiger partial charge in [0.2, 0.25) is 0 Å². The van der Waals surface area contributed by atoms with E-state index in [0.29, 0.717) is 5.92 Å². The summed E-state index contributed by atoms with van der Waals surface area (Å²) in [7, 11) is 1.83. The predicted molar refractivity (Wildman–Crippen MR) is 114 cm³/mol. The van der Waals surface area contributed by atoms with Crippen LogP contribution in [0.1, 0.15) is 50.3 Å². The van der Waals surface area contributed by atoms with Crippen LogP contribution in [0, 0.1) is 0 Å². The van der Waals surface area contributed by atoms with Crippen molar-refractivity contribution in [1.82, 2.24) is 0 Å². The van der Waals surface area contributed by atoms with E-state index in [1.165, 1.54) is 28.1 Å². The lowest BCUT2D eigenvalue weighted by Crippen LogP contribution is -2.30. The molecule has 1 aliphatic heterocycles. The molecule has 1 atom stereocenters. The van der Waals surface area contributed by atoms with Crippen molar-refractivity contribution in [2.24, 2.45) is 4.99 Å². The Bertz CT molecular complexity index is 817. The summed E-state index contributed by atoms with van der Waals surface area (Å²) in [5.41, 5.74) is 6.83. The minimum atomic E-state index is -0.0568. The molecule has 1 unspecified atom stereocenters. The van der Waals surface area contributed by atoms with Gasteiger partial charge in [-0.25, -0.2) is 0 Å². The highest BCUT2D eigenvalue weighted by Gasteiger charge is 2.43. The van der Waals surface area contributed by atoms with Gasteiger partial charge in [0, 0.05) is 36.6 Å². The Balaban J connectivity index is 2.19. The van der Waals surface area contributed by atoms with Crippen molar-refractivity contribution in [3.63, 3.8) is 0 Å². The number of likely N-dealkylation sites (N-methyl/N-ethyl adjacent to an activating group) is 1. The van der Waals surface area contributed by atoms with Crippen LogP contribution in [0.5, 0.6) is 0 Å². The quantitative estimate of drug-likeness (QED) is 0.631. The van der Waals surface area contributed by atoms with Gasteiger partial charge in [0.1, 0.15) is 0 Å². The molecule has 0 radical (unpaired) electrons. The molecular weight excluding hydrogens is 316 g/mol. The van der Waals surface area contributed by atoms with Crippen molar-refractivity contribution in [2.75, 3.05) is 18.5 Å². The summed E-state index contributed by atoms with van der Waals surface area (Å²) < 4.78 is 0. The number of allylic oxidation sites excluding steroid dienone is 2. The Hall–Kier alpha value is -2.35. The molecule has 0 aliphatic carbocycles. The van der Waals surface area contributed by atoms with Gasteiger partial charge >= 0.3 is 0 Å². The molecule has 0 fully saturated rings. The molecule has 136 valence electrons. The van der Waals surface area contributed by atoms with Crippen LogP contribution in [0.3, 0.4) is 0 Å². The molecule has 0 bridgehead atoms. The Labute approximate surface area is 158 Å². The van der Waals surface area contributed by atoms with Crippen molar-refractivity contribution in [3.05, 3.63) is 77.0 Å². The molecule has 2 aromatic carbocycles. The molecule has 2 aromatic rings. The molecule has 2 nitrogen and oxygen atoms in total. The number of rotatable bonds is 5. The lowest BCUT2D eigenvalue weighted by atomic mass is 9.75. The van der Waals surface area contributed by atoms with Crippen LogP contribution in [0.4, 0.5) is 5.69 Å². The standard InChI is InChI=1S/C24H30N2/c1-6-26-22-13-12-20(18(2)3)16-21(22)24(4,23(26)14-15-25-5)17-19-10-8-7-9-11-19/h7-16,18H,6,17H2,1-5H3/b23-14-,25-15?. The van der Waals surface area contributed by atoms with E-state index in [-0.39, 0.29) is 5.41 Å². The minimum absolute atomic E-state index is 0.0568. The third kappa shape index (κ3) is 3.21. The van der Waals surface area contributed by atoms with Gasteiger partial charge in [-0.1, -0.05) is 56.3 Å². The largest absolute Gasteiger partial charge is 0.344 e. The van der Waals surface area contributed by atoms with Gasteiger partial charge in [0.25, 0.3) is 0 Å². The van der Waals surface area contributed by atoms with Crippen molar-refractivity contribution in [2.45, 2.75) is 45.4 Å². The van der Waals surface area contributed by atoms with Crippen LogP contribution in [-0.4, -0.2) is 19.8 Å². The van der Waals surface area contributed by atoms with Gasteiger partial charge in [-0.15, -0.1) is 0 Å². The van der Waals surface area contributed by atoms with Crippen molar-refractivity contribution < 1.29 is 0 Å². The highest BCUT2D eigenvalue weighted by atomic mass is 15.2. The Kier molecular flexibility index (Phi) is 5.31. The SMILES string of the molecule is CCN1/C(=C\C=NC)C(C)(Cc2ccccc2)c2cc(C(C)C)ccc21. The molecule has 0 N–H and O–H groups in total. The molecule has 2 heteroatoms. The Morgan fingerprint density at radius 3 is 2.46 bits per heavy atom. The molecule has 3 rings (SSSR count). The number of hydrogen-bond acceptors (Lipinski definition) is 2. The highest BCUT2D eigenvalue weighted by Crippen LogP contribution is 2.50. The van der Waals surface area contributed by atoms with Crippen molar-refractivity contribution in [3.8, 4) is 0 Å². The zero-order valence-electron chi connectivity index (χ0n) is 16.7. The number of benzene rings is 2. The number of fused-ring (bicyclic) bond motifs is 1. The molecule has 1 heterocycles. The lowest BCUT2D eigenvalue weighted by molar-refractivity contribution is 0.563. The van der Waals surface area contributed by atoms with Crippen LogP contribution >= 0.6 is 0 Å². The lowest BCUT2D eigenvalue weighted by Gasteiger charge is -2.30. The van der Waals surface area contributed by atoms with Crippen LogP contribution in [0.15, 0.2) is 65.3 Å². The molecular formula is C24H30N2. The smallest absolute Gasteiger partial charge is 0.0450 e. The van der Waals surface area contributed by atoms with Gasteiger partial charge in [0.05, 0.1) is 0 Å². The van der Waals surface area contributed by atoms with Crippen molar-refractivity contribution in [1.29, 1.82) is 0 Å².